The molecule has 2 N–H and O–H groups in total. The van der Waals surface area contributed by atoms with Gasteiger partial charge in [-0.1, -0.05) is 17.7 Å². The first-order valence-electron chi connectivity index (χ1n) is 6.32. The Kier molecular flexibility index (Phi) is 3.87. The van der Waals surface area contributed by atoms with Crippen molar-refractivity contribution in [3.8, 4) is 5.75 Å². The Morgan fingerprint density at radius 3 is 3.06 bits per heavy atom. The maximum absolute atomic E-state index is 11.0. The Bertz CT molecular complexity index is 445. The van der Waals surface area contributed by atoms with Gasteiger partial charge in [0.2, 0.25) is 5.91 Å². The van der Waals surface area contributed by atoms with Crippen molar-refractivity contribution in [3.05, 3.63) is 29.3 Å². The summed E-state index contributed by atoms with van der Waals surface area (Å²) in [6, 6.07) is 5.91. The van der Waals surface area contributed by atoms with Gasteiger partial charge in [0, 0.05) is 38.2 Å². The lowest BCUT2D eigenvalue weighted by molar-refractivity contribution is -0.119. The van der Waals surface area contributed by atoms with Crippen LogP contribution in [0, 0.1) is 6.92 Å². The summed E-state index contributed by atoms with van der Waals surface area (Å²) in [5.41, 5.74) is 2.11. The van der Waals surface area contributed by atoms with E-state index in [1.165, 1.54) is 0 Å². The molecule has 1 heterocycles. The van der Waals surface area contributed by atoms with Crippen molar-refractivity contribution in [3.63, 3.8) is 0 Å². The minimum atomic E-state index is 0.0280. The van der Waals surface area contributed by atoms with E-state index in [1.807, 2.05) is 19.1 Å². The van der Waals surface area contributed by atoms with E-state index in [-0.39, 0.29) is 11.9 Å². The van der Waals surface area contributed by atoms with Gasteiger partial charge in [-0.3, -0.25) is 9.69 Å². The fourth-order valence-corrected chi connectivity index (χ4v) is 2.46. The van der Waals surface area contributed by atoms with E-state index >= 15 is 0 Å². The van der Waals surface area contributed by atoms with Crippen LogP contribution in [0.25, 0.3) is 0 Å². The number of nitrogens with zero attached hydrogens (tertiary/aromatic N) is 1. The average Bonchev–Trinajstić information content (AvgIpc) is 2.70. The molecule has 0 bridgehead atoms. The first-order valence-corrected chi connectivity index (χ1v) is 6.32. The van der Waals surface area contributed by atoms with E-state index in [0.717, 1.165) is 37.2 Å². The molecule has 4 nitrogen and oxygen atoms in total. The number of aryl methyl sites for hydroxylation is 1. The van der Waals surface area contributed by atoms with Gasteiger partial charge >= 0.3 is 0 Å². The molecule has 0 aromatic heterocycles. The molecular formula is C14H20N2O2. The zero-order valence-corrected chi connectivity index (χ0v) is 10.9. The number of likely N-dealkylation sites (tertiary alicyclic amines) is 1. The maximum atomic E-state index is 11.0. The minimum absolute atomic E-state index is 0.0280. The molecule has 1 atom stereocenters. The lowest BCUT2D eigenvalue weighted by Gasteiger charge is -2.17. The molecule has 0 radical (unpaired) electrons. The number of phenols is 1. The Labute approximate surface area is 108 Å². The smallest absolute Gasteiger partial charge is 0.217 e. The number of hydrogen-bond acceptors (Lipinski definition) is 3. The van der Waals surface area contributed by atoms with Crippen LogP contribution in [0.1, 0.15) is 24.5 Å². The standard InChI is InChI=1S/C14H20N2O2/c1-10-3-4-14(18)12(7-10)8-16-6-5-13(9-16)15-11(2)17/h3-4,7,13,18H,5-6,8-9H2,1-2H3,(H,15,17). The predicted octanol–water partition coefficient (Wildman–Crippen LogP) is 1.41. The molecule has 1 unspecified atom stereocenters. The van der Waals surface area contributed by atoms with Gasteiger partial charge in [-0.2, -0.15) is 0 Å². The Hall–Kier alpha value is -1.55. The zero-order chi connectivity index (χ0) is 13.1. The SMILES string of the molecule is CC(=O)NC1CCN(Cc2cc(C)ccc2O)C1. The summed E-state index contributed by atoms with van der Waals surface area (Å²) in [6.07, 6.45) is 0.978. The molecule has 1 amide bonds. The van der Waals surface area contributed by atoms with Crippen molar-refractivity contribution >= 4 is 5.91 Å². The molecule has 0 spiro atoms. The number of carbonyl (C=O) groups excluding carboxylic acids is 1. The van der Waals surface area contributed by atoms with E-state index in [0.29, 0.717) is 5.75 Å². The molecule has 1 fully saturated rings. The second-order valence-corrected chi connectivity index (χ2v) is 5.05. The van der Waals surface area contributed by atoms with Gasteiger partial charge in [0.1, 0.15) is 5.75 Å². The largest absolute Gasteiger partial charge is 0.508 e. The lowest BCUT2D eigenvalue weighted by Crippen LogP contribution is -2.35. The first-order chi connectivity index (χ1) is 8.54. The highest BCUT2D eigenvalue weighted by Gasteiger charge is 2.23. The normalized spacial score (nSPS) is 20.0. The number of rotatable bonds is 3. The average molecular weight is 248 g/mol. The fraction of sp³-hybridized carbons (Fsp3) is 0.500. The van der Waals surface area contributed by atoms with Crippen molar-refractivity contribution < 1.29 is 9.90 Å². The van der Waals surface area contributed by atoms with Gasteiger partial charge < -0.3 is 10.4 Å². The van der Waals surface area contributed by atoms with Crippen LogP contribution in [-0.4, -0.2) is 35.0 Å². The molecular weight excluding hydrogens is 228 g/mol. The van der Waals surface area contributed by atoms with E-state index < -0.39 is 0 Å². The fourth-order valence-electron chi connectivity index (χ4n) is 2.46. The van der Waals surface area contributed by atoms with Crippen LogP contribution in [0.15, 0.2) is 18.2 Å². The van der Waals surface area contributed by atoms with Crippen molar-refractivity contribution in [2.24, 2.45) is 0 Å². The van der Waals surface area contributed by atoms with Crippen LogP contribution in [0.4, 0.5) is 0 Å². The molecule has 2 rings (SSSR count). The molecule has 1 aliphatic rings. The summed E-state index contributed by atoms with van der Waals surface area (Å²) < 4.78 is 0. The van der Waals surface area contributed by atoms with Gasteiger partial charge in [0.15, 0.2) is 0 Å². The third-order valence-corrected chi connectivity index (χ3v) is 3.31. The summed E-state index contributed by atoms with van der Waals surface area (Å²) >= 11 is 0. The molecule has 0 saturated carbocycles. The highest BCUT2D eigenvalue weighted by molar-refractivity contribution is 5.73. The number of hydrogen-bond donors (Lipinski definition) is 2. The third-order valence-electron chi connectivity index (χ3n) is 3.31. The summed E-state index contributed by atoms with van der Waals surface area (Å²) in [6.45, 7) is 6.12. The monoisotopic (exact) mass is 248 g/mol. The van der Waals surface area contributed by atoms with E-state index in [9.17, 15) is 9.90 Å². The summed E-state index contributed by atoms with van der Waals surface area (Å²) in [5, 5.41) is 12.8. The van der Waals surface area contributed by atoms with Crippen molar-refractivity contribution in [2.45, 2.75) is 32.9 Å². The predicted molar refractivity (Wildman–Crippen MR) is 70.3 cm³/mol. The topological polar surface area (TPSA) is 52.6 Å². The Morgan fingerprint density at radius 1 is 1.56 bits per heavy atom. The van der Waals surface area contributed by atoms with Gasteiger partial charge in [-0.15, -0.1) is 0 Å². The number of aromatic hydroxyl groups is 1. The van der Waals surface area contributed by atoms with Gasteiger partial charge in [0.05, 0.1) is 0 Å². The van der Waals surface area contributed by atoms with Crippen molar-refractivity contribution in [1.82, 2.24) is 10.2 Å². The van der Waals surface area contributed by atoms with Crippen LogP contribution in [0.2, 0.25) is 0 Å². The molecule has 1 aromatic carbocycles. The number of nitrogens with one attached hydrogen (secondary N) is 1. The molecule has 1 aliphatic heterocycles. The van der Waals surface area contributed by atoms with E-state index in [4.69, 9.17) is 0 Å². The lowest BCUT2D eigenvalue weighted by atomic mass is 10.1. The summed E-state index contributed by atoms with van der Waals surface area (Å²) in [4.78, 5) is 13.3. The summed E-state index contributed by atoms with van der Waals surface area (Å²) in [5.74, 6) is 0.379. The van der Waals surface area contributed by atoms with Crippen LogP contribution < -0.4 is 5.32 Å². The second-order valence-electron chi connectivity index (χ2n) is 5.05. The van der Waals surface area contributed by atoms with Gasteiger partial charge in [-0.05, 0) is 19.4 Å². The highest BCUT2D eigenvalue weighted by Crippen LogP contribution is 2.22. The summed E-state index contributed by atoms with van der Waals surface area (Å²) in [7, 11) is 0. The quantitative estimate of drug-likeness (QED) is 0.850. The molecule has 98 valence electrons. The zero-order valence-electron chi connectivity index (χ0n) is 10.9. The van der Waals surface area contributed by atoms with Gasteiger partial charge in [0.25, 0.3) is 0 Å². The highest BCUT2D eigenvalue weighted by atomic mass is 16.3. The Morgan fingerprint density at radius 2 is 2.33 bits per heavy atom. The van der Waals surface area contributed by atoms with Crippen molar-refractivity contribution in [2.75, 3.05) is 13.1 Å². The number of amides is 1. The molecule has 0 aliphatic carbocycles. The first kappa shape index (κ1) is 12.9. The molecule has 18 heavy (non-hydrogen) atoms. The van der Waals surface area contributed by atoms with E-state index in [1.54, 1.807) is 13.0 Å². The maximum Gasteiger partial charge on any atom is 0.217 e. The van der Waals surface area contributed by atoms with Crippen LogP contribution in [0.3, 0.4) is 0 Å². The van der Waals surface area contributed by atoms with E-state index in [2.05, 4.69) is 10.2 Å². The van der Waals surface area contributed by atoms with Crippen molar-refractivity contribution in [1.29, 1.82) is 0 Å². The van der Waals surface area contributed by atoms with Crippen LogP contribution in [-0.2, 0) is 11.3 Å². The molecule has 4 heteroatoms. The van der Waals surface area contributed by atoms with Gasteiger partial charge in [-0.25, -0.2) is 0 Å². The second kappa shape index (κ2) is 5.40. The number of carbonyl (C=O) groups is 1. The molecule has 1 saturated heterocycles. The Balaban J connectivity index is 1.95. The molecule has 1 aromatic rings. The number of benzene rings is 1. The minimum Gasteiger partial charge on any atom is -0.508 e. The number of phenolic OH excluding ortho intramolecular Hbond substituents is 1. The third kappa shape index (κ3) is 3.23. The van der Waals surface area contributed by atoms with Crippen LogP contribution in [0.5, 0.6) is 5.75 Å². The van der Waals surface area contributed by atoms with Crippen LogP contribution >= 0.6 is 0 Å².